The second-order valence-corrected chi connectivity index (χ2v) is 6.71. The Balaban J connectivity index is 2.84. The zero-order valence-corrected chi connectivity index (χ0v) is 11.4. The second kappa shape index (κ2) is 5.51. The van der Waals surface area contributed by atoms with E-state index in [-0.39, 0.29) is 5.75 Å². The summed E-state index contributed by atoms with van der Waals surface area (Å²) in [6.07, 6.45) is 0. The molecule has 0 atom stereocenters. The van der Waals surface area contributed by atoms with Gasteiger partial charge in [-0.25, -0.2) is 12.7 Å². The van der Waals surface area contributed by atoms with Crippen LogP contribution in [0.5, 0.6) is 0 Å². The summed E-state index contributed by atoms with van der Waals surface area (Å²) in [5.74, 6) is 0.269. The lowest BCUT2D eigenvalue weighted by Gasteiger charge is -2.19. The molecule has 0 saturated heterocycles. The van der Waals surface area contributed by atoms with Gasteiger partial charge in [0.1, 0.15) is 0 Å². The van der Waals surface area contributed by atoms with Gasteiger partial charge in [-0.05, 0) is 17.5 Å². The average Bonchev–Trinajstić information content (AvgIpc) is 2.20. The van der Waals surface area contributed by atoms with E-state index in [4.69, 9.17) is 5.73 Å². The van der Waals surface area contributed by atoms with Gasteiger partial charge in [-0.15, -0.1) is 0 Å². The molecule has 2 N–H and O–H groups in total. The SMILES string of the molecule is CC(C)CN(C)S(=O)(=O)Cc1ccccc1N. The first-order valence-electron chi connectivity index (χ1n) is 5.60. The third kappa shape index (κ3) is 4.02. The zero-order chi connectivity index (χ0) is 13.1. The number of anilines is 1. The maximum Gasteiger partial charge on any atom is 0.218 e. The number of rotatable bonds is 5. The molecule has 5 heteroatoms. The standard InChI is InChI=1S/C12H20N2O2S/c1-10(2)8-14(3)17(15,16)9-11-6-4-5-7-12(11)13/h4-7,10H,8-9,13H2,1-3H3. The van der Waals surface area contributed by atoms with Gasteiger partial charge < -0.3 is 5.73 Å². The highest BCUT2D eigenvalue weighted by molar-refractivity contribution is 7.88. The number of benzene rings is 1. The average molecular weight is 256 g/mol. The molecule has 96 valence electrons. The molecule has 1 rings (SSSR count). The first kappa shape index (κ1) is 14.0. The summed E-state index contributed by atoms with van der Waals surface area (Å²) in [4.78, 5) is 0. The molecule has 0 bridgehead atoms. The highest BCUT2D eigenvalue weighted by atomic mass is 32.2. The van der Waals surface area contributed by atoms with Crippen molar-refractivity contribution in [3.8, 4) is 0 Å². The van der Waals surface area contributed by atoms with Gasteiger partial charge in [-0.3, -0.25) is 0 Å². The van der Waals surface area contributed by atoms with Crippen LogP contribution < -0.4 is 5.73 Å². The molecule has 0 aliphatic rings. The quantitative estimate of drug-likeness (QED) is 0.815. The fourth-order valence-corrected chi connectivity index (χ4v) is 3.00. The second-order valence-electron chi connectivity index (χ2n) is 4.63. The monoisotopic (exact) mass is 256 g/mol. The van der Waals surface area contributed by atoms with Crippen molar-refractivity contribution in [2.24, 2.45) is 5.92 Å². The Hall–Kier alpha value is -1.07. The van der Waals surface area contributed by atoms with E-state index < -0.39 is 10.0 Å². The molecular weight excluding hydrogens is 236 g/mol. The molecule has 0 aromatic heterocycles. The Morgan fingerprint density at radius 2 is 1.88 bits per heavy atom. The van der Waals surface area contributed by atoms with Crippen LogP contribution in [0.25, 0.3) is 0 Å². The molecule has 0 fully saturated rings. The van der Waals surface area contributed by atoms with Crippen LogP contribution in [0.3, 0.4) is 0 Å². The van der Waals surface area contributed by atoms with Crippen molar-refractivity contribution in [1.82, 2.24) is 4.31 Å². The van der Waals surface area contributed by atoms with Crippen molar-refractivity contribution >= 4 is 15.7 Å². The Labute approximate surface area is 103 Å². The molecular formula is C12H20N2O2S. The molecule has 0 unspecified atom stereocenters. The predicted octanol–water partition coefficient (Wildman–Crippen LogP) is 1.69. The van der Waals surface area contributed by atoms with E-state index in [1.165, 1.54) is 4.31 Å². The van der Waals surface area contributed by atoms with Crippen molar-refractivity contribution in [3.05, 3.63) is 29.8 Å². The first-order chi connectivity index (χ1) is 7.83. The van der Waals surface area contributed by atoms with E-state index in [0.29, 0.717) is 23.7 Å². The molecule has 0 aliphatic carbocycles. The third-order valence-electron chi connectivity index (χ3n) is 2.49. The minimum Gasteiger partial charge on any atom is -0.398 e. The topological polar surface area (TPSA) is 63.4 Å². The van der Waals surface area contributed by atoms with Crippen LogP contribution in [0.15, 0.2) is 24.3 Å². The lowest BCUT2D eigenvalue weighted by atomic mass is 10.2. The van der Waals surface area contributed by atoms with Crippen molar-refractivity contribution in [3.63, 3.8) is 0 Å². The van der Waals surface area contributed by atoms with Gasteiger partial charge in [-0.1, -0.05) is 32.0 Å². The van der Waals surface area contributed by atoms with Crippen molar-refractivity contribution in [1.29, 1.82) is 0 Å². The van der Waals surface area contributed by atoms with Crippen LogP contribution >= 0.6 is 0 Å². The predicted molar refractivity (Wildman–Crippen MR) is 70.9 cm³/mol. The molecule has 4 nitrogen and oxygen atoms in total. The van der Waals surface area contributed by atoms with Crippen molar-refractivity contribution < 1.29 is 8.42 Å². The maximum absolute atomic E-state index is 12.1. The van der Waals surface area contributed by atoms with Crippen LogP contribution in [-0.4, -0.2) is 26.3 Å². The summed E-state index contributed by atoms with van der Waals surface area (Å²) in [5, 5.41) is 0. The zero-order valence-electron chi connectivity index (χ0n) is 10.6. The fraction of sp³-hybridized carbons (Fsp3) is 0.500. The number of nitrogen functional groups attached to an aromatic ring is 1. The number of nitrogens with zero attached hydrogens (tertiary/aromatic N) is 1. The molecule has 0 saturated carbocycles. The summed E-state index contributed by atoms with van der Waals surface area (Å²) in [7, 11) is -1.67. The van der Waals surface area contributed by atoms with Gasteiger partial charge in [0, 0.05) is 19.3 Å². The summed E-state index contributed by atoms with van der Waals surface area (Å²) >= 11 is 0. The Morgan fingerprint density at radius 3 is 2.41 bits per heavy atom. The molecule has 0 amide bonds. The van der Waals surface area contributed by atoms with Crippen molar-refractivity contribution in [2.75, 3.05) is 19.3 Å². The van der Waals surface area contributed by atoms with Gasteiger partial charge in [0.05, 0.1) is 5.75 Å². The van der Waals surface area contributed by atoms with E-state index in [2.05, 4.69) is 0 Å². The van der Waals surface area contributed by atoms with Crippen LogP contribution in [-0.2, 0) is 15.8 Å². The Bertz CT molecular complexity index is 469. The lowest BCUT2D eigenvalue weighted by molar-refractivity contribution is 0.416. The highest BCUT2D eigenvalue weighted by Crippen LogP contribution is 2.16. The van der Waals surface area contributed by atoms with Crippen molar-refractivity contribution in [2.45, 2.75) is 19.6 Å². The van der Waals surface area contributed by atoms with Gasteiger partial charge in [-0.2, -0.15) is 0 Å². The minimum atomic E-state index is -3.28. The largest absolute Gasteiger partial charge is 0.398 e. The van der Waals surface area contributed by atoms with Gasteiger partial charge >= 0.3 is 0 Å². The fourth-order valence-electron chi connectivity index (χ4n) is 1.60. The normalized spacial score (nSPS) is 12.3. The Morgan fingerprint density at radius 1 is 1.29 bits per heavy atom. The van der Waals surface area contributed by atoms with Gasteiger partial charge in [0.15, 0.2) is 0 Å². The number of sulfonamides is 1. The molecule has 0 heterocycles. The summed E-state index contributed by atoms with van der Waals surface area (Å²) in [6, 6.07) is 7.05. The maximum atomic E-state index is 12.1. The Kier molecular flexibility index (Phi) is 4.54. The lowest BCUT2D eigenvalue weighted by Crippen LogP contribution is -2.31. The van der Waals surface area contributed by atoms with E-state index in [0.717, 1.165) is 0 Å². The van der Waals surface area contributed by atoms with Crippen LogP contribution in [0.4, 0.5) is 5.69 Å². The van der Waals surface area contributed by atoms with Gasteiger partial charge in [0.25, 0.3) is 0 Å². The number of para-hydroxylation sites is 1. The summed E-state index contributed by atoms with van der Waals surface area (Å²) in [6.45, 7) is 4.50. The molecule has 1 aromatic carbocycles. The minimum absolute atomic E-state index is 0.0388. The summed E-state index contributed by atoms with van der Waals surface area (Å²) in [5.41, 5.74) is 6.92. The van der Waals surface area contributed by atoms with Gasteiger partial charge in [0.2, 0.25) is 10.0 Å². The van der Waals surface area contributed by atoms with Crippen LogP contribution in [0.2, 0.25) is 0 Å². The molecule has 1 aromatic rings. The number of nitrogens with two attached hydrogens (primary N) is 1. The smallest absolute Gasteiger partial charge is 0.218 e. The number of hydrogen-bond acceptors (Lipinski definition) is 3. The first-order valence-corrected chi connectivity index (χ1v) is 7.21. The molecule has 17 heavy (non-hydrogen) atoms. The molecule has 0 aliphatic heterocycles. The number of hydrogen-bond donors (Lipinski definition) is 1. The highest BCUT2D eigenvalue weighted by Gasteiger charge is 2.20. The van der Waals surface area contributed by atoms with E-state index in [1.54, 1.807) is 31.3 Å². The van der Waals surface area contributed by atoms with Crippen LogP contribution in [0.1, 0.15) is 19.4 Å². The van der Waals surface area contributed by atoms with E-state index in [1.807, 2.05) is 13.8 Å². The molecule has 0 radical (unpaired) electrons. The van der Waals surface area contributed by atoms with E-state index in [9.17, 15) is 8.42 Å². The van der Waals surface area contributed by atoms with E-state index >= 15 is 0 Å². The van der Waals surface area contributed by atoms with Crippen LogP contribution in [0, 0.1) is 5.92 Å². The third-order valence-corrected chi connectivity index (χ3v) is 4.26. The molecule has 0 spiro atoms. The summed E-state index contributed by atoms with van der Waals surface area (Å²) < 4.78 is 25.5.